The molecule has 2 atom stereocenters. The molecule has 0 aromatic rings. The van der Waals surface area contributed by atoms with Crippen molar-refractivity contribution in [2.75, 3.05) is 0 Å². The van der Waals surface area contributed by atoms with Crippen molar-refractivity contribution in [1.29, 1.82) is 0 Å². The summed E-state index contributed by atoms with van der Waals surface area (Å²) in [6.07, 6.45) is -2.71. The van der Waals surface area contributed by atoms with Crippen molar-refractivity contribution in [3.8, 4) is 0 Å². The average Bonchev–Trinajstić information content (AvgIpc) is 1.84. The minimum Gasteiger partial charge on any atom is -0.444 e. The van der Waals surface area contributed by atoms with Gasteiger partial charge in [-0.1, -0.05) is 0 Å². The summed E-state index contributed by atoms with van der Waals surface area (Å²) in [5, 5.41) is 9.18. The molecule has 12 heavy (non-hydrogen) atoms. The molecule has 0 heterocycles. The van der Waals surface area contributed by atoms with Gasteiger partial charge < -0.3 is 15.6 Å². The third-order valence-electron chi connectivity index (χ3n) is 1.34. The van der Waals surface area contributed by atoms with Crippen molar-refractivity contribution in [3.63, 3.8) is 0 Å². The molecule has 70 valence electrons. The molecule has 0 aliphatic heterocycles. The first-order chi connectivity index (χ1) is 5.43. The summed E-state index contributed by atoms with van der Waals surface area (Å²) in [6, 6.07) is 0. The first kappa shape index (κ1) is 10.9. The Morgan fingerprint density at radius 2 is 2.08 bits per heavy atom. The van der Waals surface area contributed by atoms with Gasteiger partial charge in [0.1, 0.15) is 11.9 Å². The molecule has 0 saturated heterocycles. The average molecular weight is 175 g/mol. The van der Waals surface area contributed by atoms with Crippen molar-refractivity contribution in [1.82, 2.24) is 0 Å². The van der Waals surface area contributed by atoms with Gasteiger partial charge >= 0.3 is 6.09 Å². The summed E-state index contributed by atoms with van der Waals surface area (Å²) in [6.45, 7) is 2.82. The number of Topliss-reactive ketones (excluding diaryl/α,β-unsaturated/α-hetero) is 1. The van der Waals surface area contributed by atoms with Crippen LogP contribution in [0.25, 0.3) is 0 Å². The van der Waals surface area contributed by atoms with Crippen molar-refractivity contribution < 1.29 is 19.4 Å². The Morgan fingerprint density at radius 1 is 1.58 bits per heavy atom. The molecule has 0 aliphatic rings. The molecule has 5 nitrogen and oxygen atoms in total. The molecule has 0 aliphatic carbocycles. The third kappa shape index (κ3) is 4.68. The Morgan fingerprint density at radius 3 is 2.42 bits per heavy atom. The van der Waals surface area contributed by atoms with Gasteiger partial charge in [0.05, 0.1) is 6.10 Å². The van der Waals surface area contributed by atoms with Crippen LogP contribution >= 0.6 is 0 Å². The zero-order chi connectivity index (χ0) is 9.72. The summed E-state index contributed by atoms with van der Waals surface area (Å²) in [4.78, 5) is 20.7. The molecular weight excluding hydrogens is 162 g/mol. The van der Waals surface area contributed by atoms with E-state index >= 15 is 0 Å². The molecule has 0 bridgehead atoms. The van der Waals surface area contributed by atoms with E-state index in [1.165, 1.54) is 13.8 Å². The van der Waals surface area contributed by atoms with Gasteiger partial charge in [0.15, 0.2) is 0 Å². The van der Waals surface area contributed by atoms with Crippen LogP contribution in [0.15, 0.2) is 0 Å². The molecule has 2 unspecified atom stereocenters. The molecule has 1 amide bonds. The van der Waals surface area contributed by atoms with Crippen LogP contribution < -0.4 is 5.73 Å². The molecule has 0 rings (SSSR count). The number of primary amides is 1. The molecule has 0 radical (unpaired) electrons. The Bertz CT molecular complexity index is 160. The second kappa shape index (κ2) is 4.71. The van der Waals surface area contributed by atoms with Gasteiger partial charge in [-0.3, -0.25) is 4.79 Å². The Kier molecular flexibility index (Phi) is 4.28. The smallest absolute Gasteiger partial charge is 0.404 e. The van der Waals surface area contributed by atoms with E-state index in [4.69, 9.17) is 5.73 Å². The minimum absolute atomic E-state index is 0.0333. The fraction of sp³-hybridized carbons (Fsp3) is 0.714. The van der Waals surface area contributed by atoms with Gasteiger partial charge in [0.25, 0.3) is 0 Å². The van der Waals surface area contributed by atoms with Gasteiger partial charge in [0, 0.05) is 6.42 Å². The number of rotatable bonds is 4. The van der Waals surface area contributed by atoms with Crippen LogP contribution in [-0.2, 0) is 9.53 Å². The second-order valence-electron chi connectivity index (χ2n) is 2.62. The van der Waals surface area contributed by atoms with Crippen LogP contribution in [0, 0.1) is 0 Å². The van der Waals surface area contributed by atoms with Crippen LogP contribution in [0.4, 0.5) is 4.79 Å². The number of hydrogen-bond donors (Lipinski definition) is 2. The number of ketones is 1. The van der Waals surface area contributed by atoms with Crippen molar-refractivity contribution >= 4 is 11.9 Å². The van der Waals surface area contributed by atoms with Gasteiger partial charge in [-0.25, -0.2) is 4.79 Å². The molecule has 0 spiro atoms. The fourth-order valence-corrected chi connectivity index (χ4v) is 0.722. The number of aliphatic hydroxyl groups excluding tert-OH is 1. The number of carbonyl (C=O) groups excluding carboxylic acids is 2. The summed E-state index contributed by atoms with van der Waals surface area (Å²) >= 11 is 0. The van der Waals surface area contributed by atoms with Crippen LogP contribution in [0.1, 0.15) is 20.3 Å². The van der Waals surface area contributed by atoms with Crippen molar-refractivity contribution in [3.05, 3.63) is 0 Å². The van der Waals surface area contributed by atoms with E-state index in [1.54, 1.807) is 0 Å². The van der Waals surface area contributed by atoms with E-state index in [2.05, 4.69) is 4.74 Å². The van der Waals surface area contributed by atoms with Gasteiger partial charge in [-0.15, -0.1) is 0 Å². The zero-order valence-electron chi connectivity index (χ0n) is 7.11. The number of aliphatic hydroxyl groups is 1. The highest BCUT2D eigenvalue weighted by Crippen LogP contribution is 2.03. The molecule has 0 aromatic heterocycles. The SMILES string of the molecule is CC(=O)CC(O)C(C)OC(N)=O. The molecular formula is C7H13NO4. The lowest BCUT2D eigenvalue weighted by molar-refractivity contribution is -0.120. The van der Waals surface area contributed by atoms with Crippen molar-refractivity contribution in [2.24, 2.45) is 5.73 Å². The van der Waals surface area contributed by atoms with E-state index < -0.39 is 18.3 Å². The van der Waals surface area contributed by atoms with E-state index in [0.717, 1.165) is 0 Å². The lowest BCUT2D eigenvalue weighted by Gasteiger charge is -2.16. The third-order valence-corrected chi connectivity index (χ3v) is 1.34. The number of ether oxygens (including phenoxy) is 1. The summed E-state index contributed by atoms with van der Waals surface area (Å²) in [5.41, 5.74) is 4.70. The zero-order valence-corrected chi connectivity index (χ0v) is 7.11. The minimum atomic E-state index is -0.977. The highest BCUT2D eigenvalue weighted by Gasteiger charge is 2.18. The normalized spacial score (nSPS) is 14.9. The number of hydrogen-bond acceptors (Lipinski definition) is 4. The van der Waals surface area contributed by atoms with Crippen LogP contribution in [0.5, 0.6) is 0 Å². The van der Waals surface area contributed by atoms with Gasteiger partial charge in [-0.05, 0) is 13.8 Å². The predicted molar refractivity (Wildman–Crippen MR) is 41.4 cm³/mol. The van der Waals surface area contributed by atoms with Crippen molar-refractivity contribution in [2.45, 2.75) is 32.5 Å². The Labute approximate surface area is 70.5 Å². The Balaban J connectivity index is 3.83. The molecule has 0 fully saturated rings. The number of amides is 1. The molecule has 0 aromatic carbocycles. The van der Waals surface area contributed by atoms with Gasteiger partial charge in [0.2, 0.25) is 0 Å². The van der Waals surface area contributed by atoms with E-state index in [1.807, 2.05) is 0 Å². The maximum absolute atomic E-state index is 10.5. The first-order valence-corrected chi connectivity index (χ1v) is 3.57. The predicted octanol–water partition coefficient (Wildman–Crippen LogP) is -0.190. The summed E-state index contributed by atoms with van der Waals surface area (Å²) < 4.78 is 4.45. The Hall–Kier alpha value is -1.10. The number of nitrogens with two attached hydrogens (primary N) is 1. The molecule has 5 heteroatoms. The topological polar surface area (TPSA) is 89.6 Å². The highest BCUT2D eigenvalue weighted by atomic mass is 16.6. The fourth-order valence-electron chi connectivity index (χ4n) is 0.722. The highest BCUT2D eigenvalue weighted by molar-refractivity contribution is 5.76. The van der Waals surface area contributed by atoms with E-state index in [0.29, 0.717) is 0 Å². The number of carbonyl (C=O) groups is 2. The largest absolute Gasteiger partial charge is 0.444 e. The van der Waals surface area contributed by atoms with E-state index in [-0.39, 0.29) is 12.2 Å². The quantitative estimate of drug-likeness (QED) is 0.619. The first-order valence-electron chi connectivity index (χ1n) is 3.57. The monoisotopic (exact) mass is 175 g/mol. The maximum atomic E-state index is 10.5. The summed E-state index contributed by atoms with van der Waals surface area (Å²) in [7, 11) is 0. The van der Waals surface area contributed by atoms with E-state index in [9.17, 15) is 14.7 Å². The van der Waals surface area contributed by atoms with Crippen LogP contribution in [0.3, 0.4) is 0 Å². The van der Waals surface area contributed by atoms with Gasteiger partial charge in [-0.2, -0.15) is 0 Å². The standard InChI is InChI=1S/C7H13NO4/c1-4(9)3-6(10)5(2)12-7(8)11/h5-6,10H,3H2,1-2H3,(H2,8,11). The summed E-state index contributed by atoms with van der Waals surface area (Å²) in [5.74, 6) is -0.164. The molecule has 0 saturated carbocycles. The second-order valence-corrected chi connectivity index (χ2v) is 2.62. The van der Waals surface area contributed by atoms with Crippen LogP contribution in [-0.4, -0.2) is 29.2 Å². The molecule has 3 N–H and O–H groups in total. The lowest BCUT2D eigenvalue weighted by Crippen LogP contribution is -2.32. The maximum Gasteiger partial charge on any atom is 0.404 e. The lowest BCUT2D eigenvalue weighted by atomic mass is 10.1. The van der Waals surface area contributed by atoms with Crippen LogP contribution in [0.2, 0.25) is 0 Å².